The lowest BCUT2D eigenvalue weighted by molar-refractivity contribution is -0.137. The summed E-state index contributed by atoms with van der Waals surface area (Å²) >= 11 is 0. The van der Waals surface area contributed by atoms with Gasteiger partial charge in [0.2, 0.25) is 0 Å². The van der Waals surface area contributed by atoms with Gasteiger partial charge in [-0.15, -0.1) is 0 Å². The summed E-state index contributed by atoms with van der Waals surface area (Å²) in [5.41, 5.74) is 0. The molecule has 0 unspecified atom stereocenters. The van der Waals surface area contributed by atoms with E-state index < -0.39 is 5.97 Å². The summed E-state index contributed by atoms with van der Waals surface area (Å²) in [5.74, 6) is -0.841. The molecule has 6 heteroatoms. The van der Waals surface area contributed by atoms with Crippen LogP contribution in [0.25, 0.3) is 0 Å². The fourth-order valence-electron chi connectivity index (χ4n) is 2.22. The predicted molar refractivity (Wildman–Crippen MR) is 66.4 cm³/mol. The zero-order chi connectivity index (χ0) is 13.1. The van der Waals surface area contributed by atoms with Crippen molar-refractivity contribution in [1.82, 2.24) is 14.7 Å². The molecule has 1 aliphatic carbocycles. The van der Waals surface area contributed by atoms with Crippen molar-refractivity contribution in [2.75, 3.05) is 39.8 Å². The minimum Gasteiger partial charge on any atom is -0.481 e. The Hall–Kier alpha value is -1.30. The third kappa shape index (κ3) is 3.35. The second kappa shape index (κ2) is 5.56. The monoisotopic (exact) mass is 255 g/mol. The highest BCUT2D eigenvalue weighted by molar-refractivity contribution is 5.76. The van der Waals surface area contributed by atoms with Crippen molar-refractivity contribution in [3.63, 3.8) is 0 Å². The zero-order valence-corrected chi connectivity index (χ0v) is 10.8. The SMILES string of the molecule is CN1CCN(C(=O)N(CCC(=O)O)C2CC2)CC1. The fourth-order valence-corrected chi connectivity index (χ4v) is 2.22. The van der Waals surface area contributed by atoms with Gasteiger partial charge in [0.25, 0.3) is 0 Å². The van der Waals surface area contributed by atoms with E-state index in [1.165, 1.54) is 0 Å². The molecule has 2 amide bonds. The normalized spacial score (nSPS) is 20.8. The molecule has 0 aromatic carbocycles. The van der Waals surface area contributed by atoms with Gasteiger partial charge in [-0.1, -0.05) is 0 Å². The number of carboxylic acid groups (broad SMARTS) is 1. The number of carbonyl (C=O) groups is 2. The summed E-state index contributed by atoms with van der Waals surface area (Å²) in [7, 11) is 2.05. The molecule has 1 saturated heterocycles. The van der Waals surface area contributed by atoms with Gasteiger partial charge in [0.15, 0.2) is 0 Å². The second-order valence-electron chi connectivity index (χ2n) is 5.14. The molecule has 0 aromatic heterocycles. The summed E-state index contributed by atoms with van der Waals surface area (Å²) in [5, 5.41) is 8.73. The Morgan fingerprint density at radius 2 is 1.83 bits per heavy atom. The zero-order valence-electron chi connectivity index (χ0n) is 10.8. The lowest BCUT2D eigenvalue weighted by Crippen LogP contribution is -2.52. The summed E-state index contributed by atoms with van der Waals surface area (Å²) in [6.45, 7) is 3.61. The number of nitrogens with zero attached hydrogens (tertiary/aromatic N) is 3. The highest BCUT2D eigenvalue weighted by atomic mass is 16.4. The Morgan fingerprint density at radius 1 is 1.22 bits per heavy atom. The van der Waals surface area contributed by atoms with Crippen molar-refractivity contribution in [1.29, 1.82) is 0 Å². The largest absolute Gasteiger partial charge is 0.481 e. The van der Waals surface area contributed by atoms with E-state index in [4.69, 9.17) is 5.11 Å². The molecule has 2 rings (SSSR count). The first-order chi connectivity index (χ1) is 8.58. The maximum atomic E-state index is 12.3. The number of aliphatic carboxylic acids is 1. The molecule has 0 atom stereocenters. The van der Waals surface area contributed by atoms with Crippen LogP contribution in [0.15, 0.2) is 0 Å². The Labute approximate surface area is 107 Å². The number of carboxylic acids is 1. The van der Waals surface area contributed by atoms with E-state index in [0.29, 0.717) is 6.54 Å². The van der Waals surface area contributed by atoms with Crippen molar-refractivity contribution >= 4 is 12.0 Å². The molecule has 2 fully saturated rings. The van der Waals surface area contributed by atoms with Crippen molar-refractivity contribution in [2.24, 2.45) is 0 Å². The quantitative estimate of drug-likeness (QED) is 0.784. The molecule has 102 valence electrons. The smallest absolute Gasteiger partial charge is 0.320 e. The van der Waals surface area contributed by atoms with Gasteiger partial charge in [0, 0.05) is 38.8 Å². The second-order valence-corrected chi connectivity index (χ2v) is 5.14. The van der Waals surface area contributed by atoms with Crippen LogP contribution in [0.1, 0.15) is 19.3 Å². The van der Waals surface area contributed by atoms with Gasteiger partial charge < -0.3 is 19.8 Å². The van der Waals surface area contributed by atoms with Gasteiger partial charge in [0.1, 0.15) is 0 Å². The highest BCUT2D eigenvalue weighted by Crippen LogP contribution is 2.28. The standard InChI is InChI=1S/C12H21N3O3/c1-13-6-8-14(9-7-13)12(18)15(10-2-3-10)5-4-11(16)17/h10H,2-9H2,1H3,(H,16,17). The number of urea groups is 1. The first-order valence-corrected chi connectivity index (χ1v) is 6.54. The fraction of sp³-hybridized carbons (Fsp3) is 0.833. The minimum absolute atomic E-state index is 0.0202. The third-order valence-electron chi connectivity index (χ3n) is 3.57. The van der Waals surface area contributed by atoms with Crippen LogP contribution in [0.2, 0.25) is 0 Å². The first kappa shape index (κ1) is 13.1. The Balaban J connectivity index is 1.89. The lowest BCUT2D eigenvalue weighted by atomic mass is 10.3. The number of hydrogen-bond acceptors (Lipinski definition) is 3. The Morgan fingerprint density at radius 3 is 2.33 bits per heavy atom. The van der Waals surface area contributed by atoms with E-state index in [1.807, 2.05) is 11.9 Å². The van der Waals surface area contributed by atoms with Gasteiger partial charge in [-0.2, -0.15) is 0 Å². The summed E-state index contributed by atoms with van der Waals surface area (Å²) in [4.78, 5) is 28.8. The molecule has 0 radical (unpaired) electrons. The molecule has 6 nitrogen and oxygen atoms in total. The first-order valence-electron chi connectivity index (χ1n) is 6.54. The molecule has 2 aliphatic rings. The maximum Gasteiger partial charge on any atom is 0.320 e. The van der Waals surface area contributed by atoms with Gasteiger partial charge in [0.05, 0.1) is 6.42 Å². The summed E-state index contributed by atoms with van der Waals surface area (Å²) in [6.07, 6.45) is 2.06. The lowest BCUT2D eigenvalue weighted by Gasteiger charge is -2.36. The van der Waals surface area contributed by atoms with Crippen molar-refractivity contribution in [2.45, 2.75) is 25.3 Å². The van der Waals surface area contributed by atoms with E-state index >= 15 is 0 Å². The summed E-state index contributed by atoms with van der Waals surface area (Å²) < 4.78 is 0. The average molecular weight is 255 g/mol. The van der Waals surface area contributed by atoms with Gasteiger partial charge >= 0.3 is 12.0 Å². The van der Waals surface area contributed by atoms with E-state index in [-0.39, 0.29) is 18.5 Å². The van der Waals surface area contributed by atoms with Crippen LogP contribution >= 0.6 is 0 Å². The molecule has 0 aromatic rings. The molecule has 1 saturated carbocycles. The minimum atomic E-state index is -0.841. The van der Waals surface area contributed by atoms with Crippen LogP contribution in [-0.2, 0) is 4.79 Å². The van der Waals surface area contributed by atoms with Crippen LogP contribution in [0.4, 0.5) is 4.79 Å². The number of carbonyl (C=O) groups excluding carboxylic acids is 1. The highest BCUT2D eigenvalue weighted by Gasteiger charge is 2.35. The van der Waals surface area contributed by atoms with Crippen LogP contribution in [0, 0.1) is 0 Å². The molecule has 1 aliphatic heterocycles. The van der Waals surface area contributed by atoms with Crippen molar-refractivity contribution < 1.29 is 14.7 Å². The van der Waals surface area contributed by atoms with Crippen molar-refractivity contribution in [3.05, 3.63) is 0 Å². The molecule has 1 heterocycles. The van der Waals surface area contributed by atoms with Crippen LogP contribution in [0.3, 0.4) is 0 Å². The average Bonchev–Trinajstić information content (AvgIpc) is 3.14. The maximum absolute atomic E-state index is 12.3. The molecular formula is C12H21N3O3. The van der Waals surface area contributed by atoms with Gasteiger partial charge in [-0.3, -0.25) is 4.79 Å². The van der Waals surface area contributed by atoms with E-state index in [2.05, 4.69) is 4.90 Å². The van der Waals surface area contributed by atoms with Crippen molar-refractivity contribution in [3.8, 4) is 0 Å². The predicted octanol–water partition coefficient (Wildman–Crippen LogP) is 0.293. The van der Waals surface area contributed by atoms with Crippen LogP contribution in [-0.4, -0.2) is 77.6 Å². The number of piperazine rings is 1. The van der Waals surface area contributed by atoms with E-state index in [0.717, 1.165) is 39.0 Å². The van der Waals surface area contributed by atoms with Gasteiger partial charge in [-0.25, -0.2) is 4.79 Å². The molecular weight excluding hydrogens is 234 g/mol. The molecule has 0 bridgehead atoms. The summed E-state index contributed by atoms with van der Waals surface area (Å²) in [6, 6.07) is 0.295. The molecule has 1 N–H and O–H groups in total. The van der Waals surface area contributed by atoms with E-state index in [9.17, 15) is 9.59 Å². The Bertz CT molecular complexity index is 323. The number of rotatable bonds is 4. The number of hydrogen-bond donors (Lipinski definition) is 1. The molecule has 0 spiro atoms. The topological polar surface area (TPSA) is 64.1 Å². The molecule has 18 heavy (non-hydrogen) atoms. The van der Waals surface area contributed by atoms with Crippen LogP contribution < -0.4 is 0 Å². The number of likely N-dealkylation sites (N-methyl/N-ethyl adjacent to an activating group) is 1. The Kier molecular flexibility index (Phi) is 4.06. The third-order valence-corrected chi connectivity index (χ3v) is 3.57. The van der Waals surface area contributed by atoms with Crippen LogP contribution in [0.5, 0.6) is 0 Å². The van der Waals surface area contributed by atoms with E-state index in [1.54, 1.807) is 4.90 Å². The van der Waals surface area contributed by atoms with Gasteiger partial charge in [-0.05, 0) is 19.9 Å². The number of amides is 2.